The summed E-state index contributed by atoms with van der Waals surface area (Å²) < 4.78 is 4.51. The molecule has 6 aromatic rings. The second-order valence-electron chi connectivity index (χ2n) is 10.7. The number of hydrogen-bond acceptors (Lipinski definition) is 1. The van der Waals surface area contributed by atoms with E-state index in [9.17, 15) is 0 Å². The van der Waals surface area contributed by atoms with E-state index in [-0.39, 0.29) is 0 Å². The number of aryl methyl sites for hydroxylation is 1. The van der Waals surface area contributed by atoms with Crippen molar-refractivity contribution in [3.05, 3.63) is 157 Å². The Labute approximate surface area is 280 Å². The fraction of sp³-hybridized carbons (Fsp3) is 0.163. The van der Waals surface area contributed by atoms with Gasteiger partial charge in [-0.15, -0.1) is 0 Å². The number of nitrogens with zero attached hydrogens (tertiary/aromatic N) is 2. The molecule has 0 atom stereocenters. The minimum atomic E-state index is 1.07. The summed E-state index contributed by atoms with van der Waals surface area (Å²) in [4.78, 5) is 1.19. The largest absolute Gasteiger partial charge is 0.342 e. The first-order chi connectivity index (χ1) is 22.5. The van der Waals surface area contributed by atoms with Gasteiger partial charge < -0.3 is 4.57 Å². The van der Waals surface area contributed by atoms with Crippen molar-refractivity contribution in [3.8, 4) is 22.5 Å². The second-order valence-corrected chi connectivity index (χ2v) is 11.7. The molecular weight excluding hydrogens is 577 g/mol. The van der Waals surface area contributed by atoms with Crippen molar-refractivity contribution in [2.75, 3.05) is 0 Å². The standard InChI is InChI=1S/C29H24N2S.C12H16.C2H6/c1-4-21-19-28(30(3)26(21)5-2)29-20-24-13-9-10-14-27(24)31(29)32-25-17-15-23(16-18-25)22-11-7-6-8-12-22;1-4-10(3)12-8-6-11(5-2)7-9-12;1-2/h4-20H,1-2H2,3H3;4,6-9H,5H2,1-3H3;1-2H3/b;10-4+;. The molecule has 0 saturated carbocycles. The van der Waals surface area contributed by atoms with Gasteiger partial charge in [0, 0.05) is 23.0 Å². The minimum absolute atomic E-state index is 1.07. The summed E-state index contributed by atoms with van der Waals surface area (Å²) in [6, 6.07) is 41.0. The lowest BCUT2D eigenvalue weighted by atomic mass is 10.0. The van der Waals surface area contributed by atoms with E-state index in [1.807, 2.05) is 32.1 Å². The molecule has 2 heterocycles. The van der Waals surface area contributed by atoms with Crippen LogP contribution in [0.5, 0.6) is 0 Å². The number of rotatable bonds is 8. The first kappa shape index (κ1) is 34.1. The number of aromatic nitrogens is 2. The molecule has 0 N–H and O–H groups in total. The highest BCUT2D eigenvalue weighted by Crippen LogP contribution is 2.37. The lowest BCUT2D eigenvalue weighted by Crippen LogP contribution is -1.98. The molecule has 0 radical (unpaired) electrons. The Balaban J connectivity index is 0.000000289. The van der Waals surface area contributed by atoms with E-state index in [0.29, 0.717) is 0 Å². The van der Waals surface area contributed by atoms with E-state index in [1.165, 1.54) is 43.6 Å². The number of allylic oxidation sites excluding steroid dienone is 2. The van der Waals surface area contributed by atoms with Gasteiger partial charge >= 0.3 is 0 Å². The average molecular weight is 623 g/mol. The maximum Gasteiger partial charge on any atom is 0.0772 e. The minimum Gasteiger partial charge on any atom is -0.342 e. The molecule has 0 aliphatic rings. The van der Waals surface area contributed by atoms with Crippen LogP contribution in [0.15, 0.2) is 139 Å². The topological polar surface area (TPSA) is 9.86 Å². The summed E-state index contributed by atoms with van der Waals surface area (Å²) in [6.07, 6.45) is 7.04. The second kappa shape index (κ2) is 16.5. The molecule has 0 amide bonds. The highest BCUT2D eigenvalue weighted by molar-refractivity contribution is 7.98. The van der Waals surface area contributed by atoms with Crippen molar-refractivity contribution in [3.63, 3.8) is 0 Å². The zero-order valence-electron chi connectivity index (χ0n) is 28.1. The van der Waals surface area contributed by atoms with Crippen LogP contribution in [0.2, 0.25) is 0 Å². The zero-order chi connectivity index (χ0) is 33.1. The quantitative estimate of drug-likeness (QED) is 0.164. The fourth-order valence-corrected chi connectivity index (χ4v) is 6.30. The van der Waals surface area contributed by atoms with Crippen LogP contribution in [-0.2, 0) is 13.5 Å². The van der Waals surface area contributed by atoms with Gasteiger partial charge in [-0.25, -0.2) is 0 Å². The van der Waals surface area contributed by atoms with Crippen LogP contribution in [0.4, 0.5) is 0 Å². The van der Waals surface area contributed by atoms with Gasteiger partial charge in [-0.05, 0) is 102 Å². The summed E-state index contributed by atoms with van der Waals surface area (Å²) in [5.74, 6) is 0. The predicted octanol–water partition coefficient (Wildman–Crippen LogP) is 12.9. The van der Waals surface area contributed by atoms with Crippen molar-refractivity contribution in [2.45, 2.75) is 45.9 Å². The molecule has 0 fully saturated rings. The Morgan fingerprint density at radius 1 is 0.739 bits per heavy atom. The summed E-state index contributed by atoms with van der Waals surface area (Å²) in [5.41, 5.74) is 12.2. The lowest BCUT2D eigenvalue weighted by molar-refractivity contribution is 0.918. The van der Waals surface area contributed by atoms with Crippen molar-refractivity contribution < 1.29 is 0 Å². The molecule has 0 spiro atoms. The Bertz CT molecular complexity index is 1900. The van der Waals surface area contributed by atoms with E-state index in [0.717, 1.165) is 29.1 Å². The normalized spacial score (nSPS) is 10.9. The highest BCUT2D eigenvalue weighted by atomic mass is 32.2. The van der Waals surface area contributed by atoms with Crippen LogP contribution in [0, 0.1) is 0 Å². The Kier molecular flexibility index (Phi) is 12.3. The van der Waals surface area contributed by atoms with Crippen LogP contribution < -0.4 is 0 Å². The Morgan fingerprint density at radius 3 is 1.96 bits per heavy atom. The van der Waals surface area contributed by atoms with E-state index >= 15 is 0 Å². The van der Waals surface area contributed by atoms with Gasteiger partial charge in [0.2, 0.25) is 0 Å². The van der Waals surface area contributed by atoms with Crippen molar-refractivity contribution in [2.24, 2.45) is 7.05 Å². The van der Waals surface area contributed by atoms with Crippen molar-refractivity contribution in [1.29, 1.82) is 0 Å². The first-order valence-corrected chi connectivity index (χ1v) is 16.9. The molecule has 46 heavy (non-hydrogen) atoms. The van der Waals surface area contributed by atoms with Crippen molar-refractivity contribution >= 4 is 40.6 Å². The van der Waals surface area contributed by atoms with Gasteiger partial charge in [0.1, 0.15) is 0 Å². The third-order valence-corrected chi connectivity index (χ3v) is 9.12. The van der Waals surface area contributed by atoms with E-state index in [4.69, 9.17) is 0 Å². The molecule has 0 saturated heterocycles. The van der Waals surface area contributed by atoms with E-state index in [1.54, 1.807) is 11.9 Å². The molecule has 0 aliphatic carbocycles. The maximum atomic E-state index is 3.99. The molecule has 0 aliphatic heterocycles. The number of hydrogen-bond donors (Lipinski definition) is 0. The smallest absolute Gasteiger partial charge is 0.0772 e. The molecule has 6 rings (SSSR count). The van der Waals surface area contributed by atoms with Crippen LogP contribution in [-0.4, -0.2) is 8.54 Å². The monoisotopic (exact) mass is 622 g/mol. The van der Waals surface area contributed by atoms with Gasteiger partial charge in [-0.3, -0.25) is 3.97 Å². The van der Waals surface area contributed by atoms with Gasteiger partial charge in [0.25, 0.3) is 0 Å². The fourth-order valence-electron chi connectivity index (χ4n) is 5.33. The summed E-state index contributed by atoms with van der Waals surface area (Å²) in [5, 5.41) is 1.22. The molecular formula is C43H46N2S. The van der Waals surface area contributed by atoms with Crippen LogP contribution in [0.25, 0.3) is 51.1 Å². The van der Waals surface area contributed by atoms with E-state index in [2.05, 4.69) is 165 Å². The molecule has 3 heteroatoms. The van der Waals surface area contributed by atoms with Crippen LogP contribution in [0.3, 0.4) is 0 Å². The predicted molar refractivity (Wildman–Crippen MR) is 206 cm³/mol. The summed E-state index contributed by atoms with van der Waals surface area (Å²) in [6.45, 7) is 18.4. The van der Waals surface area contributed by atoms with Gasteiger partial charge in [-0.1, -0.05) is 131 Å². The third kappa shape index (κ3) is 7.73. The first-order valence-electron chi connectivity index (χ1n) is 16.1. The number of fused-ring (bicyclic) bond motifs is 1. The summed E-state index contributed by atoms with van der Waals surface area (Å²) >= 11 is 1.74. The Hall–Kier alpha value is -4.73. The molecule has 2 nitrogen and oxygen atoms in total. The molecule has 0 bridgehead atoms. The zero-order valence-corrected chi connectivity index (χ0v) is 28.9. The van der Waals surface area contributed by atoms with Gasteiger partial charge in [-0.2, -0.15) is 0 Å². The molecule has 2 aromatic heterocycles. The van der Waals surface area contributed by atoms with Gasteiger partial charge in [0.05, 0.1) is 16.9 Å². The summed E-state index contributed by atoms with van der Waals surface area (Å²) in [7, 11) is 2.08. The highest BCUT2D eigenvalue weighted by Gasteiger charge is 2.17. The SMILES string of the molecule is C/C=C(\C)c1ccc(CC)cc1.C=Cc1cc(-c2cc3ccccc3n2Sc2ccc(-c3ccccc3)cc2)n(C)c1C=C.CC. The average Bonchev–Trinajstić information content (AvgIpc) is 3.65. The molecule has 4 aromatic carbocycles. The molecule has 234 valence electrons. The lowest BCUT2D eigenvalue weighted by Gasteiger charge is -2.12. The molecule has 0 unspecified atom stereocenters. The van der Waals surface area contributed by atoms with E-state index < -0.39 is 0 Å². The number of benzene rings is 4. The van der Waals surface area contributed by atoms with Crippen LogP contribution in [0.1, 0.15) is 57.0 Å². The Morgan fingerprint density at radius 2 is 1.37 bits per heavy atom. The van der Waals surface area contributed by atoms with Crippen molar-refractivity contribution in [1.82, 2.24) is 8.54 Å². The van der Waals surface area contributed by atoms with Gasteiger partial charge in [0.15, 0.2) is 0 Å². The number of para-hydroxylation sites is 1. The maximum absolute atomic E-state index is 3.99. The third-order valence-electron chi connectivity index (χ3n) is 8.06. The van der Waals surface area contributed by atoms with Crippen LogP contribution >= 0.6 is 11.9 Å².